The van der Waals surface area contributed by atoms with Crippen LogP contribution in [0.2, 0.25) is 5.02 Å². The van der Waals surface area contributed by atoms with Gasteiger partial charge in [-0.1, -0.05) is 11.6 Å². The summed E-state index contributed by atoms with van der Waals surface area (Å²) in [6.45, 7) is 0.787. The maximum absolute atomic E-state index is 13.8. The fraction of sp³-hybridized carbons (Fsp3) is 0.312. The number of fused-ring (bicyclic) bond motifs is 3. The van der Waals surface area contributed by atoms with Crippen LogP contribution >= 0.6 is 11.6 Å². The molecule has 0 atom stereocenters. The minimum atomic E-state index is -0.943. The molecule has 25 heavy (non-hydrogen) atoms. The monoisotopic (exact) mass is 364 g/mol. The van der Waals surface area contributed by atoms with E-state index in [1.807, 2.05) is 0 Å². The van der Waals surface area contributed by atoms with E-state index in [1.54, 1.807) is 4.52 Å². The molecule has 2 aromatic heterocycles. The summed E-state index contributed by atoms with van der Waals surface area (Å²) < 4.78 is 15.4. The quantitative estimate of drug-likeness (QED) is 0.694. The lowest BCUT2D eigenvalue weighted by molar-refractivity contribution is 0.131. The van der Waals surface area contributed by atoms with Gasteiger partial charge in [-0.15, -0.1) is 0 Å². The van der Waals surface area contributed by atoms with Gasteiger partial charge in [-0.25, -0.2) is 13.7 Å². The zero-order valence-electron chi connectivity index (χ0n) is 13.0. The number of carboxylic acid groups (broad SMARTS) is 1. The second-order valence-corrected chi connectivity index (χ2v) is 6.50. The molecule has 0 saturated carbocycles. The van der Waals surface area contributed by atoms with Gasteiger partial charge in [-0.05, 0) is 25.0 Å². The average Bonchev–Trinajstić information content (AvgIpc) is 2.96. The van der Waals surface area contributed by atoms with Crippen molar-refractivity contribution in [2.45, 2.75) is 18.8 Å². The van der Waals surface area contributed by atoms with E-state index in [1.165, 1.54) is 23.1 Å². The molecule has 0 aliphatic carbocycles. The smallest absolute Gasteiger partial charge is 0.407 e. The molecule has 1 amide bonds. The maximum Gasteiger partial charge on any atom is 0.407 e. The highest BCUT2D eigenvalue weighted by Crippen LogP contribution is 2.32. The van der Waals surface area contributed by atoms with Gasteiger partial charge in [-0.3, -0.25) is 4.79 Å². The van der Waals surface area contributed by atoms with E-state index in [9.17, 15) is 14.0 Å². The van der Waals surface area contributed by atoms with Crippen molar-refractivity contribution in [3.05, 3.63) is 45.1 Å². The molecule has 4 rings (SSSR count). The van der Waals surface area contributed by atoms with Crippen molar-refractivity contribution in [2.24, 2.45) is 0 Å². The SMILES string of the molecule is O=C(O)N1CCC(c2cc(=O)[nH]c3c4c(Cl)c(F)ccc4nn23)CC1. The van der Waals surface area contributed by atoms with E-state index in [2.05, 4.69) is 10.1 Å². The van der Waals surface area contributed by atoms with Crippen LogP contribution in [-0.2, 0) is 0 Å². The molecule has 0 spiro atoms. The zero-order valence-corrected chi connectivity index (χ0v) is 13.8. The van der Waals surface area contributed by atoms with Crippen LogP contribution in [0.3, 0.4) is 0 Å². The predicted molar refractivity (Wildman–Crippen MR) is 89.9 cm³/mol. The molecule has 9 heteroatoms. The van der Waals surface area contributed by atoms with Gasteiger partial charge in [0.1, 0.15) is 11.5 Å². The number of H-pyrrole nitrogens is 1. The number of hydrogen-bond acceptors (Lipinski definition) is 3. The predicted octanol–water partition coefficient (Wildman–Crippen LogP) is 2.83. The standard InChI is InChI=1S/C16H14ClFN4O3/c17-14-9(18)1-2-10-13(14)15-19-12(23)7-11(22(15)20-10)8-3-5-21(6-4-8)16(24)25/h1-2,7-8H,3-6H2,(H,19,23)(H,24,25). The Hall–Kier alpha value is -2.61. The number of halogens is 2. The first-order valence-electron chi connectivity index (χ1n) is 7.83. The molecule has 1 fully saturated rings. The number of benzene rings is 1. The minimum Gasteiger partial charge on any atom is -0.465 e. The van der Waals surface area contributed by atoms with Crippen LogP contribution in [0.15, 0.2) is 23.0 Å². The molecule has 0 unspecified atom stereocenters. The zero-order chi connectivity index (χ0) is 17.7. The first-order chi connectivity index (χ1) is 12.0. The van der Waals surface area contributed by atoms with Crippen LogP contribution in [0.1, 0.15) is 24.5 Å². The molecule has 0 bridgehead atoms. The molecule has 3 heterocycles. The van der Waals surface area contributed by atoms with Crippen molar-refractivity contribution in [2.75, 3.05) is 13.1 Å². The molecule has 1 aliphatic heterocycles. The van der Waals surface area contributed by atoms with Gasteiger partial charge in [0.2, 0.25) is 0 Å². The van der Waals surface area contributed by atoms with Crippen LogP contribution in [0, 0.1) is 5.82 Å². The molecule has 7 nitrogen and oxygen atoms in total. The first-order valence-corrected chi connectivity index (χ1v) is 8.21. The Balaban J connectivity index is 1.86. The van der Waals surface area contributed by atoms with Crippen LogP contribution in [-0.4, -0.2) is 43.8 Å². The third-order valence-corrected chi connectivity index (χ3v) is 5.05. The highest BCUT2D eigenvalue weighted by atomic mass is 35.5. The minimum absolute atomic E-state index is 0.0154. The Bertz CT molecular complexity index is 1050. The summed E-state index contributed by atoms with van der Waals surface area (Å²) in [5.41, 5.74) is 1.18. The summed E-state index contributed by atoms with van der Waals surface area (Å²) in [5, 5.41) is 13.8. The van der Waals surface area contributed by atoms with E-state index in [0.717, 1.165) is 0 Å². The Kier molecular flexibility index (Phi) is 3.64. The molecule has 3 aromatic rings. The maximum atomic E-state index is 13.8. The summed E-state index contributed by atoms with van der Waals surface area (Å²) in [7, 11) is 0. The summed E-state index contributed by atoms with van der Waals surface area (Å²) in [6, 6.07) is 4.21. The van der Waals surface area contributed by atoms with E-state index in [4.69, 9.17) is 16.7 Å². The number of amides is 1. The number of carbonyl (C=O) groups is 1. The van der Waals surface area contributed by atoms with Crippen LogP contribution in [0.5, 0.6) is 0 Å². The second-order valence-electron chi connectivity index (χ2n) is 6.12. The largest absolute Gasteiger partial charge is 0.465 e. The lowest BCUT2D eigenvalue weighted by atomic mass is 9.93. The molecule has 1 aromatic carbocycles. The molecular weight excluding hydrogens is 351 g/mol. The summed E-state index contributed by atoms with van der Waals surface area (Å²) in [5.74, 6) is -0.594. The number of likely N-dealkylation sites (tertiary alicyclic amines) is 1. The van der Waals surface area contributed by atoms with Crippen molar-refractivity contribution in [1.29, 1.82) is 0 Å². The lowest BCUT2D eigenvalue weighted by Gasteiger charge is -2.30. The van der Waals surface area contributed by atoms with Gasteiger partial charge in [0.25, 0.3) is 5.56 Å². The van der Waals surface area contributed by atoms with E-state index in [-0.39, 0.29) is 16.5 Å². The molecule has 0 radical (unpaired) electrons. The Labute approximate surface area is 145 Å². The van der Waals surface area contributed by atoms with Gasteiger partial charge in [-0.2, -0.15) is 5.10 Å². The van der Waals surface area contributed by atoms with Crippen LogP contribution < -0.4 is 5.56 Å². The van der Waals surface area contributed by atoms with Crippen LogP contribution in [0.25, 0.3) is 16.6 Å². The number of aromatic nitrogens is 3. The van der Waals surface area contributed by atoms with Gasteiger partial charge in [0.05, 0.1) is 21.6 Å². The van der Waals surface area contributed by atoms with Crippen LogP contribution in [0.4, 0.5) is 9.18 Å². The highest BCUT2D eigenvalue weighted by molar-refractivity contribution is 6.36. The number of nitrogens with zero attached hydrogens (tertiary/aromatic N) is 3. The van der Waals surface area contributed by atoms with Gasteiger partial charge in [0.15, 0.2) is 0 Å². The Morgan fingerprint density at radius 3 is 2.76 bits per heavy atom. The van der Waals surface area contributed by atoms with Crippen molar-refractivity contribution >= 4 is 34.2 Å². The van der Waals surface area contributed by atoms with Gasteiger partial charge in [0, 0.05) is 25.1 Å². The first kappa shape index (κ1) is 15.9. The Morgan fingerprint density at radius 1 is 1.36 bits per heavy atom. The molecular formula is C16H14ClFN4O3. The molecule has 2 N–H and O–H groups in total. The van der Waals surface area contributed by atoms with E-state index in [0.29, 0.717) is 48.2 Å². The number of nitrogens with one attached hydrogen (secondary N) is 1. The van der Waals surface area contributed by atoms with Crippen molar-refractivity contribution < 1.29 is 14.3 Å². The van der Waals surface area contributed by atoms with Crippen molar-refractivity contribution in [3.8, 4) is 0 Å². The number of aromatic amines is 1. The van der Waals surface area contributed by atoms with Gasteiger partial charge < -0.3 is 15.0 Å². The summed E-state index contributed by atoms with van der Waals surface area (Å²) in [6.07, 6.45) is 0.230. The summed E-state index contributed by atoms with van der Waals surface area (Å²) in [4.78, 5) is 27.2. The van der Waals surface area contributed by atoms with Crippen molar-refractivity contribution in [1.82, 2.24) is 19.5 Å². The third kappa shape index (κ3) is 2.53. The summed E-state index contributed by atoms with van der Waals surface area (Å²) >= 11 is 6.07. The van der Waals surface area contributed by atoms with Crippen molar-refractivity contribution in [3.63, 3.8) is 0 Å². The van der Waals surface area contributed by atoms with E-state index >= 15 is 0 Å². The van der Waals surface area contributed by atoms with Gasteiger partial charge >= 0.3 is 6.09 Å². The molecule has 130 valence electrons. The number of hydrogen-bond donors (Lipinski definition) is 2. The fourth-order valence-corrected chi connectivity index (χ4v) is 3.67. The highest BCUT2D eigenvalue weighted by Gasteiger charge is 2.26. The molecule has 1 saturated heterocycles. The molecule has 1 aliphatic rings. The second kappa shape index (κ2) is 5.73. The normalized spacial score (nSPS) is 16.0. The number of piperidine rings is 1. The third-order valence-electron chi connectivity index (χ3n) is 4.68. The fourth-order valence-electron chi connectivity index (χ4n) is 3.42. The lowest BCUT2D eigenvalue weighted by Crippen LogP contribution is -2.37. The topological polar surface area (TPSA) is 90.7 Å². The number of rotatable bonds is 1. The Morgan fingerprint density at radius 2 is 2.08 bits per heavy atom. The van der Waals surface area contributed by atoms with E-state index < -0.39 is 11.9 Å². The average molecular weight is 365 g/mol.